The minimum Gasteiger partial charge on any atom is -0.497 e. The summed E-state index contributed by atoms with van der Waals surface area (Å²) in [7, 11) is 1.58. The van der Waals surface area contributed by atoms with Crippen LogP contribution in [-0.2, 0) is 0 Å². The molecule has 2 aromatic carbocycles. The molecule has 0 bridgehead atoms. The zero-order chi connectivity index (χ0) is 21.5. The fraction of sp³-hybridized carbons (Fsp3) is 0.143. The molecule has 0 spiro atoms. The number of aryl methyl sites for hydroxylation is 2. The van der Waals surface area contributed by atoms with E-state index in [1.54, 1.807) is 37.4 Å². The number of nitrogens with zero attached hydrogens (tertiary/aromatic N) is 3. The maximum atomic E-state index is 12.5. The summed E-state index contributed by atoms with van der Waals surface area (Å²) in [5, 5.41) is 9.05. The Morgan fingerprint density at radius 3 is 2.33 bits per heavy atom. The van der Waals surface area contributed by atoms with Gasteiger partial charge in [-0.25, -0.2) is 14.8 Å². The number of carbonyl (C=O) groups excluding carboxylic acids is 1. The van der Waals surface area contributed by atoms with Crippen LogP contribution in [0.2, 0.25) is 5.02 Å². The normalized spacial score (nSPS) is 11.0. The summed E-state index contributed by atoms with van der Waals surface area (Å²) in [4.78, 5) is 25.5. The minimum atomic E-state index is -0.490. The number of ether oxygens (including phenoxy) is 1. The maximum Gasteiger partial charge on any atom is 0.326 e. The second-order valence-corrected chi connectivity index (χ2v) is 6.79. The molecule has 0 radical (unpaired) electrons. The van der Waals surface area contributed by atoms with Crippen molar-refractivity contribution in [1.29, 1.82) is 0 Å². The molecule has 2 amide bonds. The van der Waals surface area contributed by atoms with Crippen LogP contribution in [0.25, 0.3) is 0 Å². The van der Waals surface area contributed by atoms with Crippen molar-refractivity contribution in [3.63, 3.8) is 0 Å². The summed E-state index contributed by atoms with van der Waals surface area (Å²) >= 11 is 5.88. The van der Waals surface area contributed by atoms with Crippen molar-refractivity contribution in [2.45, 2.75) is 13.8 Å². The molecule has 0 unspecified atom stereocenters. The number of guanidine groups is 1. The molecule has 0 saturated heterocycles. The van der Waals surface area contributed by atoms with E-state index in [2.05, 4.69) is 30.9 Å². The lowest BCUT2D eigenvalue weighted by Crippen LogP contribution is -2.38. The van der Waals surface area contributed by atoms with E-state index in [0.717, 1.165) is 11.4 Å². The third-order valence-electron chi connectivity index (χ3n) is 3.85. The quantitative estimate of drug-likeness (QED) is 0.417. The minimum absolute atomic E-state index is 0.153. The molecule has 3 rings (SSSR count). The van der Waals surface area contributed by atoms with E-state index in [4.69, 9.17) is 16.3 Å². The first-order chi connectivity index (χ1) is 14.4. The van der Waals surface area contributed by atoms with Crippen molar-refractivity contribution in [1.82, 2.24) is 15.3 Å². The Morgan fingerprint density at radius 2 is 1.67 bits per heavy atom. The SMILES string of the molecule is COc1cccc(N/C(=N\c2nc(C)cc(C)n2)NC(=O)Nc2ccc(Cl)cc2)c1. The molecule has 0 aliphatic heterocycles. The van der Waals surface area contributed by atoms with E-state index < -0.39 is 6.03 Å². The van der Waals surface area contributed by atoms with E-state index >= 15 is 0 Å². The number of nitrogens with one attached hydrogen (secondary N) is 3. The molecule has 0 aliphatic carbocycles. The van der Waals surface area contributed by atoms with Crippen molar-refractivity contribution in [2.75, 3.05) is 17.7 Å². The lowest BCUT2D eigenvalue weighted by atomic mass is 10.3. The highest BCUT2D eigenvalue weighted by molar-refractivity contribution is 6.30. The third-order valence-corrected chi connectivity index (χ3v) is 4.10. The number of rotatable bonds is 4. The van der Waals surface area contributed by atoms with Crippen molar-refractivity contribution in [2.24, 2.45) is 4.99 Å². The third kappa shape index (κ3) is 6.18. The Labute approximate surface area is 179 Å². The fourth-order valence-electron chi connectivity index (χ4n) is 2.59. The number of aromatic nitrogens is 2. The largest absolute Gasteiger partial charge is 0.497 e. The van der Waals surface area contributed by atoms with Gasteiger partial charge in [0.2, 0.25) is 5.96 Å². The van der Waals surface area contributed by atoms with Gasteiger partial charge in [-0.15, -0.1) is 0 Å². The first-order valence-corrected chi connectivity index (χ1v) is 9.45. The molecular weight excluding hydrogens is 404 g/mol. The van der Waals surface area contributed by atoms with Crippen molar-refractivity contribution in [3.8, 4) is 5.75 Å². The molecule has 0 fully saturated rings. The zero-order valence-corrected chi connectivity index (χ0v) is 17.5. The van der Waals surface area contributed by atoms with Gasteiger partial charge in [0, 0.05) is 33.9 Å². The van der Waals surface area contributed by atoms with Gasteiger partial charge in [0.15, 0.2) is 0 Å². The Morgan fingerprint density at radius 1 is 0.967 bits per heavy atom. The second-order valence-electron chi connectivity index (χ2n) is 6.35. The number of halogens is 1. The number of aliphatic imine (C=N–C) groups is 1. The lowest BCUT2D eigenvalue weighted by Gasteiger charge is -2.13. The maximum absolute atomic E-state index is 12.5. The van der Waals surface area contributed by atoms with Gasteiger partial charge in [-0.05, 0) is 56.3 Å². The van der Waals surface area contributed by atoms with E-state index in [0.29, 0.717) is 22.1 Å². The van der Waals surface area contributed by atoms with Gasteiger partial charge in [0.25, 0.3) is 5.95 Å². The van der Waals surface area contributed by atoms with Gasteiger partial charge < -0.3 is 15.4 Å². The van der Waals surface area contributed by atoms with Gasteiger partial charge in [-0.1, -0.05) is 17.7 Å². The van der Waals surface area contributed by atoms with Crippen LogP contribution in [0.1, 0.15) is 11.4 Å². The molecule has 3 N–H and O–H groups in total. The highest BCUT2D eigenvalue weighted by Crippen LogP contribution is 2.17. The van der Waals surface area contributed by atoms with Gasteiger partial charge in [-0.3, -0.25) is 5.32 Å². The Balaban J connectivity index is 1.84. The van der Waals surface area contributed by atoms with E-state index in [1.807, 2.05) is 38.1 Å². The summed E-state index contributed by atoms with van der Waals surface area (Å²) < 4.78 is 5.24. The van der Waals surface area contributed by atoms with Crippen molar-refractivity contribution < 1.29 is 9.53 Å². The number of hydrogen-bond donors (Lipinski definition) is 3. The first kappa shape index (κ1) is 21.1. The van der Waals surface area contributed by atoms with Crippen LogP contribution in [-0.4, -0.2) is 29.1 Å². The summed E-state index contributed by atoms with van der Waals surface area (Å²) in [6, 6.07) is 15.3. The molecule has 1 heterocycles. The van der Waals surface area contributed by atoms with E-state index in [-0.39, 0.29) is 11.9 Å². The molecule has 154 valence electrons. The predicted molar refractivity (Wildman–Crippen MR) is 119 cm³/mol. The topological polar surface area (TPSA) is 101 Å². The van der Waals surface area contributed by atoms with E-state index in [1.165, 1.54) is 0 Å². The number of anilines is 2. The number of carbonyl (C=O) groups is 1. The van der Waals surface area contributed by atoms with Gasteiger partial charge in [0.1, 0.15) is 5.75 Å². The first-order valence-electron chi connectivity index (χ1n) is 9.07. The fourth-order valence-corrected chi connectivity index (χ4v) is 2.71. The van der Waals surface area contributed by atoms with Crippen LogP contribution in [0.4, 0.5) is 22.1 Å². The number of amides is 2. The summed E-state index contributed by atoms with van der Waals surface area (Å²) in [6.45, 7) is 3.70. The van der Waals surface area contributed by atoms with Crippen LogP contribution in [0, 0.1) is 13.8 Å². The molecule has 9 heteroatoms. The number of benzene rings is 2. The summed E-state index contributed by atoms with van der Waals surface area (Å²) in [6.07, 6.45) is 0. The number of urea groups is 1. The molecule has 3 aromatic rings. The molecule has 0 aliphatic rings. The highest BCUT2D eigenvalue weighted by atomic mass is 35.5. The average Bonchev–Trinajstić information content (AvgIpc) is 2.69. The summed E-state index contributed by atoms with van der Waals surface area (Å²) in [5.74, 6) is 1.04. The smallest absolute Gasteiger partial charge is 0.326 e. The van der Waals surface area contributed by atoms with Gasteiger partial charge in [-0.2, -0.15) is 4.99 Å². The zero-order valence-electron chi connectivity index (χ0n) is 16.7. The molecule has 0 saturated carbocycles. The lowest BCUT2D eigenvalue weighted by molar-refractivity contribution is 0.256. The number of methoxy groups -OCH3 is 1. The standard InChI is InChI=1S/C21H21ClN6O2/c1-13-11-14(2)24-19(23-13)27-20(25-17-5-4-6-18(12-17)30-3)28-21(29)26-16-9-7-15(22)8-10-16/h4-12H,1-3H3,(H3,23,24,25,26,27,28,29). The molecule has 8 nitrogen and oxygen atoms in total. The van der Waals surface area contributed by atoms with Crippen LogP contribution in [0.5, 0.6) is 5.75 Å². The predicted octanol–water partition coefficient (Wildman–Crippen LogP) is 4.68. The van der Waals surface area contributed by atoms with Crippen LogP contribution >= 0.6 is 11.6 Å². The average molecular weight is 425 g/mol. The molecule has 30 heavy (non-hydrogen) atoms. The second kappa shape index (κ2) is 9.71. The molecular formula is C21H21ClN6O2. The van der Waals surface area contributed by atoms with E-state index in [9.17, 15) is 4.79 Å². The molecule has 0 atom stereocenters. The van der Waals surface area contributed by atoms with Gasteiger partial charge in [0.05, 0.1) is 7.11 Å². The number of hydrogen-bond acceptors (Lipinski definition) is 5. The van der Waals surface area contributed by atoms with Crippen LogP contribution < -0.4 is 20.7 Å². The Kier molecular flexibility index (Phi) is 6.82. The van der Waals surface area contributed by atoms with Crippen LogP contribution in [0.15, 0.2) is 59.6 Å². The van der Waals surface area contributed by atoms with Crippen molar-refractivity contribution in [3.05, 3.63) is 71.0 Å². The molecule has 1 aromatic heterocycles. The van der Waals surface area contributed by atoms with Gasteiger partial charge >= 0.3 is 6.03 Å². The van der Waals surface area contributed by atoms with Crippen LogP contribution in [0.3, 0.4) is 0 Å². The Hall–Kier alpha value is -3.65. The highest BCUT2D eigenvalue weighted by Gasteiger charge is 2.10. The Bertz CT molecular complexity index is 1050. The van der Waals surface area contributed by atoms with Crippen molar-refractivity contribution >= 4 is 40.9 Å². The monoisotopic (exact) mass is 424 g/mol. The summed E-state index contributed by atoms with van der Waals surface area (Å²) in [5.41, 5.74) is 2.80.